The normalized spacial score (nSPS) is 20.3. The van der Waals surface area contributed by atoms with Crippen molar-refractivity contribution in [2.45, 2.75) is 12.5 Å². The van der Waals surface area contributed by atoms with E-state index >= 15 is 0 Å². The number of nitrogens with zero attached hydrogens (tertiary/aromatic N) is 1. The van der Waals surface area contributed by atoms with Gasteiger partial charge in [-0.05, 0) is 6.07 Å². The lowest BCUT2D eigenvalue weighted by atomic mass is 9.82. The average Bonchev–Trinajstić information content (AvgIpc) is 2.71. The Labute approximate surface area is 87.8 Å². The second-order valence-electron chi connectivity index (χ2n) is 3.43. The number of hydrogen-bond donors (Lipinski definition) is 2. The maximum Gasteiger partial charge on any atom is 0.490 e. The lowest BCUT2D eigenvalue weighted by Gasteiger charge is -2.11. The molecule has 0 saturated carbocycles. The Morgan fingerprint density at radius 2 is 2.33 bits per heavy atom. The van der Waals surface area contributed by atoms with Crippen LogP contribution in [-0.2, 0) is 4.74 Å². The minimum absolute atomic E-state index is 0.0397. The fourth-order valence-corrected chi connectivity index (χ4v) is 1.44. The van der Waals surface area contributed by atoms with Gasteiger partial charge >= 0.3 is 7.12 Å². The first-order chi connectivity index (χ1) is 7.25. The van der Waals surface area contributed by atoms with E-state index in [0.717, 1.165) is 6.42 Å². The molecule has 0 spiro atoms. The number of pyridine rings is 1. The fraction of sp³-hybridized carbons (Fsp3) is 0.444. The third-order valence-corrected chi connectivity index (χ3v) is 2.22. The largest absolute Gasteiger partial charge is 0.490 e. The molecule has 2 heterocycles. The highest BCUT2D eigenvalue weighted by Gasteiger charge is 2.18. The molecule has 5 nitrogen and oxygen atoms in total. The van der Waals surface area contributed by atoms with Crippen molar-refractivity contribution < 1.29 is 19.5 Å². The van der Waals surface area contributed by atoms with E-state index in [9.17, 15) is 0 Å². The van der Waals surface area contributed by atoms with Gasteiger partial charge in [0.05, 0.1) is 19.4 Å². The molecule has 0 aromatic carbocycles. The van der Waals surface area contributed by atoms with E-state index in [1.807, 2.05) is 0 Å². The monoisotopic (exact) mass is 209 g/mol. The minimum Gasteiger partial charge on any atom is -0.486 e. The van der Waals surface area contributed by atoms with Crippen LogP contribution >= 0.6 is 0 Å². The quantitative estimate of drug-likeness (QED) is 0.620. The molecule has 1 aliphatic heterocycles. The molecule has 1 aromatic heterocycles. The maximum absolute atomic E-state index is 8.94. The Bertz CT molecular complexity index is 328. The first kappa shape index (κ1) is 10.4. The van der Waals surface area contributed by atoms with E-state index in [1.165, 1.54) is 6.20 Å². The van der Waals surface area contributed by atoms with E-state index in [1.54, 1.807) is 12.3 Å². The average molecular weight is 209 g/mol. The molecule has 1 aliphatic rings. The topological polar surface area (TPSA) is 71.8 Å². The van der Waals surface area contributed by atoms with Crippen molar-refractivity contribution in [3.8, 4) is 5.75 Å². The van der Waals surface area contributed by atoms with Gasteiger partial charge in [0, 0.05) is 18.1 Å². The van der Waals surface area contributed by atoms with E-state index in [4.69, 9.17) is 19.5 Å². The number of rotatable bonds is 3. The second kappa shape index (κ2) is 4.61. The Balaban J connectivity index is 2.04. The van der Waals surface area contributed by atoms with Gasteiger partial charge in [-0.25, -0.2) is 0 Å². The van der Waals surface area contributed by atoms with Crippen molar-refractivity contribution in [1.82, 2.24) is 4.98 Å². The zero-order valence-corrected chi connectivity index (χ0v) is 8.17. The summed E-state index contributed by atoms with van der Waals surface area (Å²) in [5.41, 5.74) is 0.325. The standard InChI is InChI=1S/C9H12BNO4/c12-10(13)7-3-9(5-11-4-7)15-8-1-2-14-6-8/h3-5,8,12-13H,1-2,6H2. The molecule has 1 unspecified atom stereocenters. The molecular weight excluding hydrogens is 197 g/mol. The molecule has 1 atom stereocenters. The highest BCUT2D eigenvalue weighted by atomic mass is 16.5. The molecule has 0 radical (unpaired) electrons. The molecular formula is C9H12BNO4. The van der Waals surface area contributed by atoms with Gasteiger partial charge in [0.2, 0.25) is 0 Å². The Morgan fingerprint density at radius 3 is 3.00 bits per heavy atom. The second-order valence-corrected chi connectivity index (χ2v) is 3.43. The molecule has 1 fully saturated rings. The van der Waals surface area contributed by atoms with Crippen LogP contribution in [0.2, 0.25) is 0 Å². The van der Waals surface area contributed by atoms with Gasteiger partial charge in [0.1, 0.15) is 11.9 Å². The highest BCUT2D eigenvalue weighted by molar-refractivity contribution is 6.58. The third kappa shape index (κ3) is 2.68. The van der Waals surface area contributed by atoms with E-state index in [0.29, 0.717) is 24.4 Å². The van der Waals surface area contributed by atoms with Crippen molar-refractivity contribution in [2.75, 3.05) is 13.2 Å². The maximum atomic E-state index is 8.94. The molecule has 6 heteroatoms. The molecule has 1 saturated heterocycles. The summed E-state index contributed by atoms with van der Waals surface area (Å²) >= 11 is 0. The van der Waals surface area contributed by atoms with E-state index < -0.39 is 7.12 Å². The Hall–Kier alpha value is -1.11. The predicted octanol–water partition coefficient (Wildman–Crippen LogP) is -1.07. The summed E-state index contributed by atoms with van der Waals surface area (Å²) in [5.74, 6) is 0.538. The molecule has 1 aromatic rings. The number of aromatic nitrogens is 1. The van der Waals surface area contributed by atoms with E-state index in [2.05, 4.69) is 4.98 Å². The van der Waals surface area contributed by atoms with Gasteiger partial charge in [-0.3, -0.25) is 4.98 Å². The molecule has 2 rings (SSSR count). The predicted molar refractivity (Wildman–Crippen MR) is 53.9 cm³/mol. The summed E-state index contributed by atoms with van der Waals surface area (Å²) in [7, 11) is -1.51. The summed E-state index contributed by atoms with van der Waals surface area (Å²) in [6, 6.07) is 1.57. The van der Waals surface area contributed by atoms with Crippen LogP contribution in [0.3, 0.4) is 0 Å². The zero-order valence-electron chi connectivity index (χ0n) is 8.17. The first-order valence-electron chi connectivity index (χ1n) is 4.81. The fourth-order valence-electron chi connectivity index (χ4n) is 1.44. The van der Waals surface area contributed by atoms with Crippen LogP contribution in [0.5, 0.6) is 5.75 Å². The Morgan fingerprint density at radius 1 is 1.47 bits per heavy atom. The molecule has 80 valence electrons. The lowest BCUT2D eigenvalue weighted by Crippen LogP contribution is -2.30. The molecule has 0 bridgehead atoms. The van der Waals surface area contributed by atoms with Crippen LogP contribution in [0.25, 0.3) is 0 Å². The van der Waals surface area contributed by atoms with Crippen LogP contribution in [-0.4, -0.2) is 41.5 Å². The van der Waals surface area contributed by atoms with Crippen molar-refractivity contribution in [3.63, 3.8) is 0 Å². The van der Waals surface area contributed by atoms with E-state index in [-0.39, 0.29) is 6.10 Å². The van der Waals surface area contributed by atoms with Gasteiger partial charge in [-0.2, -0.15) is 0 Å². The molecule has 15 heavy (non-hydrogen) atoms. The number of ether oxygens (including phenoxy) is 2. The summed E-state index contributed by atoms with van der Waals surface area (Å²) in [5, 5.41) is 17.9. The van der Waals surface area contributed by atoms with Crippen LogP contribution in [0.15, 0.2) is 18.5 Å². The summed E-state index contributed by atoms with van der Waals surface area (Å²) in [4.78, 5) is 3.86. The van der Waals surface area contributed by atoms with Gasteiger partial charge < -0.3 is 19.5 Å². The van der Waals surface area contributed by atoms with Crippen LogP contribution in [0, 0.1) is 0 Å². The first-order valence-corrected chi connectivity index (χ1v) is 4.81. The van der Waals surface area contributed by atoms with Gasteiger partial charge in [0.15, 0.2) is 0 Å². The van der Waals surface area contributed by atoms with Crippen LogP contribution in [0.4, 0.5) is 0 Å². The van der Waals surface area contributed by atoms with Crippen LogP contribution < -0.4 is 10.2 Å². The van der Waals surface area contributed by atoms with Crippen molar-refractivity contribution in [2.24, 2.45) is 0 Å². The van der Waals surface area contributed by atoms with Gasteiger partial charge in [-0.1, -0.05) is 0 Å². The van der Waals surface area contributed by atoms with Gasteiger partial charge in [-0.15, -0.1) is 0 Å². The highest BCUT2D eigenvalue weighted by Crippen LogP contribution is 2.14. The molecule has 0 amide bonds. The Kier molecular flexibility index (Phi) is 3.20. The van der Waals surface area contributed by atoms with Crippen molar-refractivity contribution >= 4 is 12.6 Å². The third-order valence-electron chi connectivity index (χ3n) is 2.22. The van der Waals surface area contributed by atoms with Crippen LogP contribution in [0.1, 0.15) is 6.42 Å². The van der Waals surface area contributed by atoms with Gasteiger partial charge in [0.25, 0.3) is 0 Å². The van der Waals surface area contributed by atoms with Crippen molar-refractivity contribution in [1.29, 1.82) is 0 Å². The summed E-state index contributed by atoms with van der Waals surface area (Å²) in [6.07, 6.45) is 3.83. The summed E-state index contributed by atoms with van der Waals surface area (Å²) < 4.78 is 10.7. The lowest BCUT2D eigenvalue weighted by molar-refractivity contribution is 0.141. The summed E-state index contributed by atoms with van der Waals surface area (Å²) in [6.45, 7) is 1.28. The minimum atomic E-state index is -1.51. The number of hydrogen-bond acceptors (Lipinski definition) is 5. The smallest absolute Gasteiger partial charge is 0.486 e. The van der Waals surface area contributed by atoms with Crippen molar-refractivity contribution in [3.05, 3.63) is 18.5 Å². The molecule has 2 N–H and O–H groups in total. The SMILES string of the molecule is OB(O)c1cncc(OC2CCOC2)c1. The molecule has 0 aliphatic carbocycles. The zero-order chi connectivity index (χ0) is 10.7.